The minimum atomic E-state index is -3.40. The summed E-state index contributed by atoms with van der Waals surface area (Å²) in [5.74, 6) is 0. The van der Waals surface area contributed by atoms with E-state index in [0.717, 1.165) is 16.4 Å². The molecule has 5 nitrogen and oxygen atoms in total. The Balaban J connectivity index is 1.60. The minimum absolute atomic E-state index is 0.325. The van der Waals surface area contributed by atoms with Crippen molar-refractivity contribution in [2.75, 3.05) is 6.54 Å². The van der Waals surface area contributed by atoms with Gasteiger partial charge in [0.25, 0.3) is 0 Å². The summed E-state index contributed by atoms with van der Waals surface area (Å²) in [7, 11) is -3.40. The molecule has 3 rings (SSSR count). The summed E-state index contributed by atoms with van der Waals surface area (Å²) in [6, 6.07) is 8.99. The molecule has 0 aliphatic heterocycles. The highest BCUT2D eigenvalue weighted by molar-refractivity contribution is 7.91. The van der Waals surface area contributed by atoms with Crippen LogP contribution in [0.3, 0.4) is 0 Å². The van der Waals surface area contributed by atoms with Gasteiger partial charge in [-0.15, -0.1) is 22.7 Å². The van der Waals surface area contributed by atoms with E-state index >= 15 is 0 Å². The zero-order valence-corrected chi connectivity index (χ0v) is 13.9. The van der Waals surface area contributed by atoms with Crippen molar-refractivity contribution in [2.24, 2.45) is 0 Å². The summed E-state index contributed by atoms with van der Waals surface area (Å²) >= 11 is 2.71. The fourth-order valence-corrected chi connectivity index (χ4v) is 4.73. The third kappa shape index (κ3) is 3.58. The molecular formula is C14H13N3O2S3. The first-order valence-corrected chi connectivity index (χ1v) is 9.78. The maximum atomic E-state index is 12.0. The molecule has 22 heavy (non-hydrogen) atoms. The van der Waals surface area contributed by atoms with Crippen molar-refractivity contribution in [3.8, 4) is 10.7 Å². The summed E-state index contributed by atoms with van der Waals surface area (Å²) in [5, 5.41) is 4.52. The molecule has 3 heterocycles. The molecule has 0 bridgehead atoms. The van der Waals surface area contributed by atoms with E-state index in [1.807, 2.05) is 23.6 Å². The highest BCUT2D eigenvalue weighted by atomic mass is 32.2. The standard InChI is InChI=1S/C14H13N3O2S3/c18-22(19,13-5-3-9-20-13)16-8-6-11-10-21-14(17-11)12-4-1-2-7-15-12/h1-5,7,9-10,16H,6,8H2. The Morgan fingerprint density at radius 1 is 1.14 bits per heavy atom. The number of aromatic nitrogens is 2. The molecule has 0 radical (unpaired) electrons. The molecule has 0 aliphatic carbocycles. The van der Waals surface area contributed by atoms with Crippen LogP contribution in [-0.2, 0) is 16.4 Å². The third-order valence-electron chi connectivity index (χ3n) is 2.87. The Morgan fingerprint density at radius 2 is 2.05 bits per heavy atom. The monoisotopic (exact) mass is 351 g/mol. The lowest BCUT2D eigenvalue weighted by Gasteiger charge is -2.03. The second-order valence-corrected chi connectivity index (χ2v) is 8.24. The van der Waals surface area contributed by atoms with Gasteiger partial charge in [0.1, 0.15) is 9.22 Å². The van der Waals surface area contributed by atoms with Gasteiger partial charge < -0.3 is 0 Å². The number of hydrogen-bond acceptors (Lipinski definition) is 6. The first kappa shape index (κ1) is 15.3. The number of thiophene rings is 1. The fraction of sp³-hybridized carbons (Fsp3) is 0.143. The van der Waals surface area contributed by atoms with Crippen molar-refractivity contribution < 1.29 is 8.42 Å². The minimum Gasteiger partial charge on any atom is -0.254 e. The smallest absolute Gasteiger partial charge is 0.250 e. The summed E-state index contributed by atoms with van der Waals surface area (Å²) in [5.41, 5.74) is 1.69. The third-order valence-corrected chi connectivity index (χ3v) is 6.64. The summed E-state index contributed by atoms with van der Waals surface area (Å²) in [6.07, 6.45) is 2.28. The van der Waals surface area contributed by atoms with E-state index in [9.17, 15) is 8.42 Å². The largest absolute Gasteiger partial charge is 0.254 e. The van der Waals surface area contributed by atoms with Gasteiger partial charge in [0.2, 0.25) is 10.0 Å². The van der Waals surface area contributed by atoms with Gasteiger partial charge >= 0.3 is 0 Å². The summed E-state index contributed by atoms with van der Waals surface area (Å²) in [4.78, 5) is 8.74. The van der Waals surface area contributed by atoms with Crippen molar-refractivity contribution >= 4 is 32.7 Å². The van der Waals surface area contributed by atoms with Crippen LogP contribution < -0.4 is 4.72 Å². The van der Waals surface area contributed by atoms with Gasteiger partial charge in [-0.2, -0.15) is 0 Å². The van der Waals surface area contributed by atoms with Gasteiger partial charge in [-0.1, -0.05) is 12.1 Å². The Bertz CT molecular complexity index is 827. The number of rotatable bonds is 6. The van der Waals surface area contributed by atoms with Gasteiger partial charge in [0, 0.05) is 24.5 Å². The molecule has 0 spiro atoms. The molecule has 0 saturated carbocycles. The van der Waals surface area contributed by atoms with Crippen LogP contribution in [0.5, 0.6) is 0 Å². The quantitative estimate of drug-likeness (QED) is 0.741. The number of thiazole rings is 1. The van der Waals surface area contributed by atoms with E-state index in [1.165, 1.54) is 22.7 Å². The number of pyridine rings is 1. The van der Waals surface area contributed by atoms with Crippen LogP contribution in [0.2, 0.25) is 0 Å². The molecule has 0 aliphatic rings. The first-order valence-electron chi connectivity index (χ1n) is 6.54. The fourth-order valence-electron chi connectivity index (χ4n) is 1.83. The Morgan fingerprint density at radius 3 is 2.77 bits per heavy atom. The lowest BCUT2D eigenvalue weighted by molar-refractivity contribution is 0.583. The van der Waals surface area contributed by atoms with Crippen LogP contribution in [0.25, 0.3) is 10.7 Å². The van der Waals surface area contributed by atoms with Gasteiger partial charge in [-0.25, -0.2) is 18.1 Å². The van der Waals surface area contributed by atoms with Crippen molar-refractivity contribution in [3.05, 3.63) is 53.0 Å². The van der Waals surface area contributed by atoms with Gasteiger partial charge in [0.05, 0.1) is 11.4 Å². The highest BCUT2D eigenvalue weighted by Crippen LogP contribution is 2.21. The highest BCUT2D eigenvalue weighted by Gasteiger charge is 2.14. The molecule has 114 valence electrons. The van der Waals surface area contributed by atoms with Crippen LogP contribution in [0.1, 0.15) is 5.69 Å². The molecule has 8 heteroatoms. The summed E-state index contributed by atoms with van der Waals surface area (Å²) in [6.45, 7) is 0.325. The van der Waals surface area contributed by atoms with Crippen LogP contribution in [0.4, 0.5) is 0 Å². The normalized spacial score (nSPS) is 11.6. The molecule has 0 fully saturated rings. The van der Waals surface area contributed by atoms with E-state index in [4.69, 9.17) is 0 Å². The second kappa shape index (κ2) is 6.66. The average Bonchev–Trinajstić information content (AvgIpc) is 3.20. The summed E-state index contributed by atoms with van der Waals surface area (Å²) < 4.78 is 26.9. The van der Waals surface area contributed by atoms with Crippen molar-refractivity contribution in [3.63, 3.8) is 0 Å². The average molecular weight is 351 g/mol. The maximum Gasteiger partial charge on any atom is 0.250 e. The van der Waals surface area contributed by atoms with E-state index in [1.54, 1.807) is 23.7 Å². The molecule has 0 atom stereocenters. The molecule has 1 N–H and O–H groups in total. The molecule has 3 aromatic heterocycles. The number of sulfonamides is 1. The van der Waals surface area contributed by atoms with Crippen molar-refractivity contribution in [1.29, 1.82) is 0 Å². The van der Waals surface area contributed by atoms with E-state index in [0.29, 0.717) is 17.2 Å². The van der Waals surface area contributed by atoms with E-state index in [-0.39, 0.29) is 0 Å². The molecule has 0 amide bonds. The van der Waals surface area contributed by atoms with Crippen LogP contribution in [0, 0.1) is 0 Å². The van der Waals surface area contributed by atoms with Gasteiger partial charge in [-0.3, -0.25) is 4.98 Å². The number of nitrogens with zero attached hydrogens (tertiary/aromatic N) is 2. The molecule has 3 aromatic rings. The van der Waals surface area contributed by atoms with E-state index in [2.05, 4.69) is 14.7 Å². The predicted octanol–water partition coefficient (Wildman–Crippen LogP) is 2.79. The lowest BCUT2D eigenvalue weighted by Crippen LogP contribution is -2.25. The van der Waals surface area contributed by atoms with Crippen LogP contribution in [-0.4, -0.2) is 24.9 Å². The van der Waals surface area contributed by atoms with Crippen LogP contribution in [0.15, 0.2) is 51.5 Å². The maximum absolute atomic E-state index is 12.0. The van der Waals surface area contributed by atoms with Crippen molar-refractivity contribution in [1.82, 2.24) is 14.7 Å². The number of nitrogens with one attached hydrogen (secondary N) is 1. The molecular weight excluding hydrogens is 338 g/mol. The molecule has 0 unspecified atom stereocenters. The zero-order valence-electron chi connectivity index (χ0n) is 11.5. The molecule has 0 saturated heterocycles. The predicted molar refractivity (Wildman–Crippen MR) is 88.6 cm³/mol. The Hall–Kier alpha value is -1.61. The molecule has 0 aromatic carbocycles. The van der Waals surface area contributed by atoms with Crippen LogP contribution >= 0.6 is 22.7 Å². The number of hydrogen-bond donors (Lipinski definition) is 1. The SMILES string of the molecule is O=S(=O)(NCCc1csc(-c2ccccn2)n1)c1cccs1. The van der Waals surface area contributed by atoms with Crippen molar-refractivity contribution in [2.45, 2.75) is 10.6 Å². The Labute approximate surface area is 136 Å². The topological polar surface area (TPSA) is 72.0 Å². The van der Waals surface area contributed by atoms with Gasteiger partial charge in [-0.05, 0) is 23.6 Å². The Kier molecular flexibility index (Phi) is 4.63. The lowest BCUT2D eigenvalue weighted by atomic mass is 10.3. The second-order valence-electron chi connectivity index (χ2n) is 4.44. The van der Waals surface area contributed by atoms with Gasteiger partial charge in [0.15, 0.2) is 0 Å². The van der Waals surface area contributed by atoms with E-state index < -0.39 is 10.0 Å². The first-order chi connectivity index (χ1) is 10.6. The zero-order chi connectivity index (χ0) is 15.4.